The Balaban J connectivity index is 2.33. The number of aromatic nitrogens is 1. The summed E-state index contributed by atoms with van der Waals surface area (Å²) < 4.78 is 47.8. The van der Waals surface area contributed by atoms with E-state index in [1.807, 2.05) is 0 Å². The largest absolute Gasteiger partial charge is 0.389 e. The van der Waals surface area contributed by atoms with E-state index >= 15 is 0 Å². The fraction of sp³-hybridized carbons (Fsp3) is 0.400. The summed E-state index contributed by atoms with van der Waals surface area (Å²) in [6.07, 6.45) is -4.34. The van der Waals surface area contributed by atoms with Crippen LogP contribution in [0.4, 0.5) is 17.6 Å². The number of hydrogen-bond donors (Lipinski definition) is 1. The Morgan fingerprint density at radius 2 is 2.06 bits per heavy atom. The topological polar surface area (TPSA) is 42.0 Å². The summed E-state index contributed by atoms with van der Waals surface area (Å²) in [6.45, 7) is -0.0876. The van der Waals surface area contributed by atoms with Gasteiger partial charge in [0.1, 0.15) is 0 Å². The summed E-state index contributed by atoms with van der Waals surface area (Å²) in [4.78, 5) is 14.6. The Morgan fingerprint density at radius 1 is 1.35 bits per heavy atom. The van der Waals surface area contributed by atoms with Crippen LogP contribution < -0.4 is 5.32 Å². The highest BCUT2D eigenvalue weighted by Crippen LogP contribution is 2.20. The van der Waals surface area contributed by atoms with Crippen LogP contribution in [0.5, 0.6) is 0 Å². The number of halogens is 4. The summed E-state index contributed by atoms with van der Waals surface area (Å²) in [6, 6.07) is 2.21. The van der Waals surface area contributed by atoms with E-state index in [-0.39, 0.29) is 18.5 Å². The third-order valence-corrected chi connectivity index (χ3v) is 1.91. The van der Waals surface area contributed by atoms with Crippen LogP contribution in [0.1, 0.15) is 23.2 Å². The molecule has 0 unspecified atom stereocenters. The van der Waals surface area contributed by atoms with Gasteiger partial charge in [0.15, 0.2) is 0 Å². The van der Waals surface area contributed by atoms with E-state index in [9.17, 15) is 22.4 Å². The average Bonchev–Trinajstić information content (AvgIpc) is 2.24. The van der Waals surface area contributed by atoms with Crippen molar-refractivity contribution in [3.05, 3.63) is 29.8 Å². The predicted molar refractivity (Wildman–Crippen MR) is 51.8 cm³/mol. The van der Waals surface area contributed by atoms with Gasteiger partial charge in [0, 0.05) is 19.2 Å². The Bertz CT molecular complexity index is 375. The third-order valence-electron chi connectivity index (χ3n) is 1.91. The maximum Gasteiger partial charge on any atom is 0.389 e. The minimum Gasteiger partial charge on any atom is -0.352 e. The van der Waals surface area contributed by atoms with E-state index in [2.05, 4.69) is 10.3 Å². The van der Waals surface area contributed by atoms with Gasteiger partial charge in [0.25, 0.3) is 5.91 Å². The summed E-state index contributed by atoms with van der Waals surface area (Å²) >= 11 is 0. The van der Waals surface area contributed by atoms with Crippen LogP contribution in [0.25, 0.3) is 0 Å². The van der Waals surface area contributed by atoms with Crippen molar-refractivity contribution in [2.45, 2.75) is 19.0 Å². The molecule has 0 aliphatic rings. The highest BCUT2D eigenvalue weighted by Gasteiger charge is 2.25. The molecule has 0 spiro atoms. The Labute approximate surface area is 94.8 Å². The smallest absolute Gasteiger partial charge is 0.352 e. The first kappa shape index (κ1) is 13.4. The quantitative estimate of drug-likeness (QED) is 0.506. The number of pyridine rings is 1. The van der Waals surface area contributed by atoms with Crippen LogP contribution in [0, 0.1) is 5.95 Å². The molecule has 1 amide bonds. The molecule has 94 valence electrons. The molecule has 0 saturated carbocycles. The molecule has 0 radical (unpaired) electrons. The zero-order valence-electron chi connectivity index (χ0n) is 8.72. The van der Waals surface area contributed by atoms with E-state index in [0.717, 1.165) is 12.3 Å². The van der Waals surface area contributed by atoms with Crippen LogP contribution in [0.15, 0.2) is 18.3 Å². The molecule has 0 aliphatic carbocycles. The zero-order valence-corrected chi connectivity index (χ0v) is 8.72. The van der Waals surface area contributed by atoms with Gasteiger partial charge in [0.2, 0.25) is 5.95 Å². The molecule has 0 aromatic carbocycles. The van der Waals surface area contributed by atoms with Gasteiger partial charge in [-0.1, -0.05) is 0 Å². The Hall–Kier alpha value is -1.66. The van der Waals surface area contributed by atoms with E-state index in [0.29, 0.717) is 0 Å². The first-order chi connectivity index (χ1) is 7.88. The van der Waals surface area contributed by atoms with Gasteiger partial charge < -0.3 is 5.32 Å². The summed E-state index contributed by atoms with van der Waals surface area (Å²) in [5.41, 5.74) is 0.110. The molecule has 1 rings (SSSR count). The molecule has 0 saturated heterocycles. The van der Waals surface area contributed by atoms with Crippen LogP contribution in [0.3, 0.4) is 0 Å². The molecule has 1 heterocycles. The van der Waals surface area contributed by atoms with E-state index in [1.54, 1.807) is 0 Å². The van der Waals surface area contributed by atoms with Crippen molar-refractivity contribution in [1.29, 1.82) is 0 Å². The highest BCUT2D eigenvalue weighted by molar-refractivity contribution is 5.93. The van der Waals surface area contributed by atoms with Crippen LogP contribution >= 0.6 is 0 Å². The molecule has 17 heavy (non-hydrogen) atoms. The third kappa shape index (κ3) is 5.28. The minimum absolute atomic E-state index is 0.0876. The number of carbonyl (C=O) groups excluding carboxylic acids is 1. The summed E-state index contributed by atoms with van der Waals surface area (Å²) in [5.74, 6) is -1.29. The van der Waals surface area contributed by atoms with Gasteiger partial charge in [-0.05, 0) is 18.6 Å². The Morgan fingerprint density at radius 3 is 2.59 bits per heavy atom. The van der Waals surface area contributed by atoms with Crippen molar-refractivity contribution in [2.24, 2.45) is 0 Å². The average molecular weight is 250 g/mol. The number of rotatable bonds is 4. The molecule has 3 nitrogen and oxygen atoms in total. The van der Waals surface area contributed by atoms with Gasteiger partial charge in [-0.25, -0.2) is 4.98 Å². The van der Waals surface area contributed by atoms with Crippen molar-refractivity contribution >= 4 is 5.91 Å². The van der Waals surface area contributed by atoms with E-state index in [1.165, 1.54) is 6.07 Å². The van der Waals surface area contributed by atoms with Crippen LogP contribution in [-0.4, -0.2) is 23.6 Å². The minimum atomic E-state index is -4.22. The molecule has 7 heteroatoms. The monoisotopic (exact) mass is 250 g/mol. The zero-order chi connectivity index (χ0) is 12.9. The number of amides is 1. The van der Waals surface area contributed by atoms with Gasteiger partial charge in [-0.3, -0.25) is 4.79 Å². The van der Waals surface area contributed by atoms with Crippen molar-refractivity contribution < 1.29 is 22.4 Å². The molecule has 0 bridgehead atoms. The van der Waals surface area contributed by atoms with E-state index in [4.69, 9.17) is 0 Å². The van der Waals surface area contributed by atoms with Crippen LogP contribution in [-0.2, 0) is 0 Å². The molecule has 1 N–H and O–H groups in total. The number of alkyl halides is 3. The van der Waals surface area contributed by atoms with Gasteiger partial charge in [-0.15, -0.1) is 0 Å². The molecule has 0 fully saturated rings. The molecular weight excluding hydrogens is 240 g/mol. The molecule has 1 aromatic rings. The molecular formula is C10H10F4N2O. The van der Waals surface area contributed by atoms with Crippen molar-refractivity contribution in [3.63, 3.8) is 0 Å². The number of nitrogens with one attached hydrogen (secondary N) is 1. The maximum atomic E-state index is 12.4. The Kier molecular flexibility index (Phi) is 4.42. The summed E-state index contributed by atoms with van der Waals surface area (Å²) in [5, 5.41) is 2.29. The first-order valence-electron chi connectivity index (χ1n) is 4.85. The lowest BCUT2D eigenvalue weighted by Crippen LogP contribution is -2.25. The number of carbonyl (C=O) groups is 1. The number of hydrogen-bond acceptors (Lipinski definition) is 2. The lowest BCUT2D eigenvalue weighted by atomic mass is 10.2. The normalized spacial score (nSPS) is 11.3. The fourth-order valence-electron chi connectivity index (χ4n) is 1.10. The fourth-order valence-corrected chi connectivity index (χ4v) is 1.10. The standard InChI is InChI=1S/C10H10F4N2O/c11-8-3-2-7(6-16-8)9(17)15-5-1-4-10(12,13)14/h2-3,6H,1,4-5H2,(H,15,17). The van der Waals surface area contributed by atoms with Crippen molar-refractivity contribution in [2.75, 3.05) is 6.54 Å². The second kappa shape index (κ2) is 5.60. The van der Waals surface area contributed by atoms with Gasteiger partial charge in [-0.2, -0.15) is 17.6 Å². The lowest BCUT2D eigenvalue weighted by Gasteiger charge is -2.07. The van der Waals surface area contributed by atoms with E-state index < -0.39 is 24.5 Å². The highest BCUT2D eigenvalue weighted by atomic mass is 19.4. The second-order valence-electron chi connectivity index (χ2n) is 3.34. The van der Waals surface area contributed by atoms with Gasteiger partial charge >= 0.3 is 6.18 Å². The summed E-state index contributed by atoms with van der Waals surface area (Å²) in [7, 11) is 0. The first-order valence-corrected chi connectivity index (χ1v) is 4.85. The number of nitrogens with zero attached hydrogens (tertiary/aromatic N) is 1. The maximum absolute atomic E-state index is 12.4. The SMILES string of the molecule is O=C(NCCCC(F)(F)F)c1ccc(F)nc1. The van der Waals surface area contributed by atoms with Gasteiger partial charge in [0.05, 0.1) is 5.56 Å². The molecule has 0 atom stereocenters. The van der Waals surface area contributed by atoms with Crippen molar-refractivity contribution in [3.8, 4) is 0 Å². The molecule has 1 aromatic heterocycles. The lowest BCUT2D eigenvalue weighted by molar-refractivity contribution is -0.135. The van der Waals surface area contributed by atoms with Crippen LogP contribution in [0.2, 0.25) is 0 Å². The second-order valence-corrected chi connectivity index (χ2v) is 3.34. The molecule has 0 aliphatic heterocycles. The van der Waals surface area contributed by atoms with Crippen molar-refractivity contribution in [1.82, 2.24) is 10.3 Å². The predicted octanol–water partition coefficient (Wildman–Crippen LogP) is 2.29.